The Balaban J connectivity index is 1.24. The van der Waals surface area contributed by atoms with Crippen molar-refractivity contribution in [2.45, 2.75) is 18.2 Å². The van der Waals surface area contributed by atoms with Gasteiger partial charge in [-0.15, -0.1) is 0 Å². The minimum absolute atomic E-state index is 0.0514. The standard InChI is InChI=1S/C22H19N3O5/c26-20(24-14-1-2-15-17(9-14)29-12-28-15)18-16-3-6-22(30-16)11-25(21(27)19(18)22)10-13-4-7-23-8-5-13/h1-9,16,18-19H,10-12H2,(H,24,26)/t16-,18+,19-,22+/m1/s1. The maximum absolute atomic E-state index is 13.3. The van der Waals surface area contributed by atoms with E-state index in [1.807, 2.05) is 24.3 Å². The number of benzene rings is 1. The maximum atomic E-state index is 13.3. The van der Waals surface area contributed by atoms with Gasteiger partial charge in [-0.3, -0.25) is 14.6 Å². The van der Waals surface area contributed by atoms with E-state index in [1.165, 1.54) is 0 Å². The molecule has 5 heterocycles. The van der Waals surface area contributed by atoms with Crippen molar-refractivity contribution in [3.05, 3.63) is 60.4 Å². The number of nitrogens with zero attached hydrogens (tertiary/aromatic N) is 2. The average Bonchev–Trinajstić information content (AvgIpc) is 3.50. The van der Waals surface area contributed by atoms with Gasteiger partial charge in [-0.2, -0.15) is 0 Å². The van der Waals surface area contributed by atoms with Gasteiger partial charge in [-0.05, 0) is 29.8 Å². The van der Waals surface area contributed by atoms with Gasteiger partial charge in [0.05, 0.1) is 24.5 Å². The Morgan fingerprint density at radius 1 is 1.20 bits per heavy atom. The molecule has 8 heteroatoms. The lowest BCUT2D eigenvalue weighted by molar-refractivity contribution is -0.136. The fourth-order valence-corrected chi connectivity index (χ4v) is 4.92. The van der Waals surface area contributed by atoms with Crippen LogP contribution in [0.25, 0.3) is 0 Å². The summed E-state index contributed by atoms with van der Waals surface area (Å²) in [5.74, 6) is -0.137. The Morgan fingerprint density at radius 2 is 2.03 bits per heavy atom. The van der Waals surface area contributed by atoms with Crippen LogP contribution in [-0.4, -0.2) is 46.7 Å². The molecule has 1 spiro atoms. The second-order valence-corrected chi connectivity index (χ2v) is 8.01. The molecule has 1 aromatic carbocycles. The highest BCUT2D eigenvalue weighted by atomic mass is 16.7. The van der Waals surface area contributed by atoms with Gasteiger partial charge in [0.2, 0.25) is 18.6 Å². The molecule has 30 heavy (non-hydrogen) atoms. The van der Waals surface area contributed by atoms with Crippen LogP contribution in [0.15, 0.2) is 54.9 Å². The van der Waals surface area contributed by atoms with Crippen LogP contribution >= 0.6 is 0 Å². The second kappa shape index (κ2) is 6.30. The lowest BCUT2D eigenvalue weighted by Crippen LogP contribution is -2.41. The molecule has 4 aliphatic rings. The van der Waals surface area contributed by atoms with Crippen LogP contribution in [0.3, 0.4) is 0 Å². The van der Waals surface area contributed by atoms with Crippen molar-refractivity contribution in [3.8, 4) is 11.5 Å². The zero-order valence-electron chi connectivity index (χ0n) is 16.0. The SMILES string of the molecule is O=C(Nc1ccc2c(c1)OCO2)[C@H]1[C@H]2C=C[C@@]3(CN(Cc4ccncc4)C(=O)[C@@H]13)O2. The van der Waals surface area contributed by atoms with Crippen LogP contribution < -0.4 is 14.8 Å². The third kappa shape index (κ3) is 2.53. The molecule has 1 aromatic heterocycles. The predicted molar refractivity (Wildman–Crippen MR) is 105 cm³/mol. The summed E-state index contributed by atoms with van der Waals surface area (Å²) in [5.41, 5.74) is 0.866. The van der Waals surface area contributed by atoms with Gasteiger partial charge in [0.15, 0.2) is 11.5 Å². The summed E-state index contributed by atoms with van der Waals surface area (Å²) < 4.78 is 16.9. The van der Waals surface area contributed by atoms with E-state index in [-0.39, 0.29) is 18.6 Å². The molecule has 0 saturated carbocycles. The highest BCUT2D eigenvalue weighted by Crippen LogP contribution is 2.52. The van der Waals surface area contributed by atoms with Gasteiger partial charge in [0, 0.05) is 30.7 Å². The number of aromatic nitrogens is 1. The van der Waals surface area contributed by atoms with E-state index in [9.17, 15) is 9.59 Å². The molecule has 8 nitrogen and oxygen atoms in total. The zero-order chi connectivity index (χ0) is 20.3. The van der Waals surface area contributed by atoms with Crippen molar-refractivity contribution in [1.29, 1.82) is 0 Å². The van der Waals surface area contributed by atoms with Gasteiger partial charge in [0.1, 0.15) is 5.60 Å². The van der Waals surface area contributed by atoms with Crippen molar-refractivity contribution in [3.63, 3.8) is 0 Å². The van der Waals surface area contributed by atoms with Crippen LogP contribution in [0.5, 0.6) is 11.5 Å². The quantitative estimate of drug-likeness (QED) is 0.780. The van der Waals surface area contributed by atoms with E-state index >= 15 is 0 Å². The monoisotopic (exact) mass is 405 g/mol. The predicted octanol–water partition coefficient (Wildman–Crippen LogP) is 1.73. The third-order valence-electron chi connectivity index (χ3n) is 6.24. The van der Waals surface area contributed by atoms with E-state index in [1.54, 1.807) is 35.5 Å². The smallest absolute Gasteiger partial charge is 0.231 e. The molecule has 0 aliphatic carbocycles. The summed E-state index contributed by atoms with van der Waals surface area (Å²) in [6, 6.07) is 9.02. The number of hydrogen-bond acceptors (Lipinski definition) is 6. The molecule has 2 saturated heterocycles. The fourth-order valence-electron chi connectivity index (χ4n) is 4.92. The number of ether oxygens (including phenoxy) is 3. The van der Waals surface area contributed by atoms with Gasteiger partial charge in [0.25, 0.3) is 0 Å². The summed E-state index contributed by atoms with van der Waals surface area (Å²) >= 11 is 0. The molecular formula is C22H19N3O5. The highest BCUT2D eigenvalue weighted by molar-refractivity contribution is 5.99. The average molecular weight is 405 g/mol. The molecular weight excluding hydrogens is 386 g/mol. The summed E-state index contributed by atoms with van der Waals surface area (Å²) in [4.78, 5) is 32.2. The summed E-state index contributed by atoms with van der Waals surface area (Å²) in [7, 11) is 0. The van der Waals surface area contributed by atoms with Crippen LogP contribution in [0.2, 0.25) is 0 Å². The number of anilines is 1. The molecule has 4 aliphatic heterocycles. The number of amides is 2. The zero-order valence-corrected chi connectivity index (χ0v) is 16.0. The molecule has 0 unspecified atom stereocenters. The van der Waals surface area contributed by atoms with Crippen molar-refractivity contribution < 1.29 is 23.8 Å². The van der Waals surface area contributed by atoms with Crippen molar-refractivity contribution in [2.24, 2.45) is 11.8 Å². The van der Waals surface area contributed by atoms with Gasteiger partial charge >= 0.3 is 0 Å². The van der Waals surface area contributed by atoms with Crippen molar-refractivity contribution >= 4 is 17.5 Å². The number of hydrogen-bond donors (Lipinski definition) is 1. The molecule has 0 radical (unpaired) electrons. The van der Waals surface area contributed by atoms with E-state index in [0.717, 1.165) is 5.56 Å². The number of likely N-dealkylation sites (tertiary alicyclic amines) is 1. The maximum Gasteiger partial charge on any atom is 0.231 e. The summed E-state index contributed by atoms with van der Waals surface area (Å²) in [6.45, 7) is 1.08. The molecule has 2 fully saturated rings. The first kappa shape index (κ1) is 17.5. The molecule has 152 valence electrons. The van der Waals surface area contributed by atoms with E-state index in [2.05, 4.69) is 10.3 Å². The van der Waals surface area contributed by atoms with Crippen LogP contribution in [0, 0.1) is 11.8 Å². The highest BCUT2D eigenvalue weighted by Gasteiger charge is 2.66. The minimum Gasteiger partial charge on any atom is -0.454 e. The Morgan fingerprint density at radius 3 is 2.90 bits per heavy atom. The van der Waals surface area contributed by atoms with Gasteiger partial charge in [-0.1, -0.05) is 12.2 Å². The molecule has 2 amide bonds. The fraction of sp³-hybridized carbons (Fsp3) is 0.318. The summed E-state index contributed by atoms with van der Waals surface area (Å²) in [5, 5.41) is 2.93. The molecule has 1 N–H and O–H groups in total. The molecule has 6 rings (SSSR count). The number of pyridine rings is 1. The molecule has 4 atom stereocenters. The van der Waals surface area contributed by atoms with Gasteiger partial charge < -0.3 is 24.4 Å². The summed E-state index contributed by atoms with van der Waals surface area (Å²) in [6.07, 6.45) is 6.88. The van der Waals surface area contributed by atoms with E-state index < -0.39 is 23.5 Å². The first-order chi connectivity index (χ1) is 14.6. The van der Waals surface area contributed by atoms with Gasteiger partial charge in [-0.25, -0.2) is 0 Å². The van der Waals surface area contributed by atoms with Crippen molar-refractivity contribution in [1.82, 2.24) is 9.88 Å². The Kier molecular flexibility index (Phi) is 3.67. The van der Waals surface area contributed by atoms with Crippen LogP contribution in [0.1, 0.15) is 5.56 Å². The topological polar surface area (TPSA) is 90.0 Å². The number of rotatable bonds is 4. The lowest BCUT2D eigenvalue weighted by atomic mass is 9.77. The van der Waals surface area contributed by atoms with Crippen LogP contribution in [-0.2, 0) is 20.9 Å². The molecule has 2 aromatic rings. The Labute approximate surface area is 172 Å². The molecule has 2 bridgehead atoms. The number of nitrogens with one attached hydrogen (secondary N) is 1. The first-order valence-electron chi connectivity index (χ1n) is 9.88. The largest absolute Gasteiger partial charge is 0.454 e. The lowest BCUT2D eigenvalue weighted by Gasteiger charge is -2.23. The Bertz CT molecular complexity index is 1070. The third-order valence-corrected chi connectivity index (χ3v) is 6.24. The Hall–Kier alpha value is -3.39. The first-order valence-corrected chi connectivity index (χ1v) is 9.88. The van der Waals surface area contributed by atoms with Crippen molar-refractivity contribution in [2.75, 3.05) is 18.7 Å². The van der Waals surface area contributed by atoms with E-state index in [0.29, 0.717) is 30.3 Å². The minimum atomic E-state index is -0.730. The van der Waals surface area contributed by atoms with E-state index in [4.69, 9.17) is 14.2 Å². The normalized spacial score (nSPS) is 30.1. The van der Waals surface area contributed by atoms with Crippen LogP contribution in [0.4, 0.5) is 5.69 Å². The number of carbonyl (C=O) groups excluding carboxylic acids is 2. The second-order valence-electron chi connectivity index (χ2n) is 8.01. The number of fused-ring (bicyclic) bond motifs is 2. The number of carbonyl (C=O) groups is 2.